The van der Waals surface area contributed by atoms with Crippen molar-refractivity contribution in [3.63, 3.8) is 0 Å². The van der Waals surface area contributed by atoms with E-state index in [-0.39, 0.29) is 30.6 Å². The molecule has 1 aromatic heterocycles. The van der Waals surface area contributed by atoms with Crippen molar-refractivity contribution in [3.05, 3.63) is 47.4 Å². The molecule has 3 atom stereocenters. The van der Waals surface area contributed by atoms with Gasteiger partial charge in [-0.2, -0.15) is 18.3 Å². The molecule has 6 nitrogen and oxygen atoms in total. The number of aromatic nitrogens is 2. The molecule has 1 amide bonds. The summed E-state index contributed by atoms with van der Waals surface area (Å²) in [6.45, 7) is 0.927. The molecule has 0 aliphatic carbocycles. The summed E-state index contributed by atoms with van der Waals surface area (Å²) in [5, 5.41) is 9.55. The lowest BCUT2D eigenvalue weighted by molar-refractivity contribution is -0.173. The third-order valence-corrected chi connectivity index (χ3v) is 5.21. The Morgan fingerprint density at radius 3 is 2.72 bits per heavy atom. The Bertz CT molecular complexity index is 875. The highest BCUT2D eigenvalue weighted by molar-refractivity contribution is 5.93. The molecule has 29 heavy (non-hydrogen) atoms. The van der Waals surface area contributed by atoms with E-state index in [9.17, 15) is 22.4 Å². The summed E-state index contributed by atoms with van der Waals surface area (Å²) in [6, 6.07) is 4.02. The number of halogens is 4. The van der Waals surface area contributed by atoms with E-state index in [2.05, 4.69) is 15.7 Å². The predicted molar refractivity (Wildman–Crippen MR) is 96.0 cm³/mol. The summed E-state index contributed by atoms with van der Waals surface area (Å²) >= 11 is 0. The zero-order valence-electron chi connectivity index (χ0n) is 15.4. The number of fused-ring (bicyclic) bond motifs is 1. The van der Waals surface area contributed by atoms with E-state index in [1.807, 2.05) is 0 Å². The maximum Gasteiger partial charge on any atom is 0.410 e. The molecule has 10 heteroatoms. The SMILES string of the molecule is O=C(NC[C@@H]1CCCO1)c1cc2n(n1)[C@@H](C(F)(F)F)C[C@@H](c1ccc(F)cc1)N2. The van der Waals surface area contributed by atoms with Gasteiger partial charge >= 0.3 is 6.18 Å². The number of benzene rings is 1. The van der Waals surface area contributed by atoms with E-state index in [4.69, 9.17) is 4.74 Å². The second-order valence-electron chi connectivity index (χ2n) is 7.25. The first-order valence-corrected chi connectivity index (χ1v) is 9.39. The molecule has 2 aliphatic heterocycles. The summed E-state index contributed by atoms with van der Waals surface area (Å²) in [5.41, 5.74) is 0.428. The molecule has 1 aromatic carbocycles. The minimum Gasteiger partial charge on any atom is -0.376 e. The number of ether oxygens (including phenoxy) is 1. The fourth-order valence-corrected chi connectivity index (χ4v) is 3.70. The van der Waals surface area contributed by atoms with Gasteiger partial charge < -0.3 is 15.4 Å². The predicted octanol–water partition coefficient (Wildman–Crippen LogP) is 3.59. The van der Waals surface area contributed by atoms with E-state index < -0.39 is 30.0 Å². The smallest absolute Gasteiger partial charge is 0.376 e. The molecule has 0 spiro atoms. The Morgan fingerprint density at radius 1 is 1.31 bits per heavy atom. The van der Waals surface area contributed by atoms with E-state index in [1.165, 1.54) is 30.3 Å². The average Bonchev–Trinajstić information content (AvgIpc) is 3.34. The van der Waals surface area contributed by atoms with Crippen LogP contribution >= 0.6 is 0 Å². The van der Waals surface area contributed by atoms with Crippen molar-refractivity contribution in [2.75, 3.05) is 18.5 Å². The summed E-state index contributed by atoms with van der Waals surface area (Å²) < 4.78 is 60.4. The lowest BCUT2D eigenvalue weighted by atomic mass is 9.97. The van der Waals surface area contributed by atoms with Crippen LogP contribution < -0.4 is 10.6 Å². The summed E-state index contributed by atoms with van der Waals surface area (Å²) in [4.78, 5) is 12.4. The molecule has 1 fully saturated rings. The minimum atomic E-state index is -4.55. The monoisotopic (exact) mass is 412 g/mol. The Hall–Kier alpha value is -2.62. The van der Waals surface area contributed by atoms with Gasteiger partial charge in [-0.25, -0.2) is 9.07 Å². The molecule has 156 valence electrons. The van der Waals surface area contributed by atoms with E-state index in [0.29, 0.717) is 12.2 Å². The number of amides is 1. The highest BCUT2D eigenvalue weighted by Gasteiger charge is 2.46. The topological polar surface area (TPSA) is 68.2 Å². The van der Waals surface area contributed by atoms with Crippen LogP contribution in [-0.4, -0.2) is 41.1 Å². The summed E-state index contributed by atoms with van der Waals surface area (Å²) in [7, 11) is 0. The maximum absolute atomic E-state index is 13.7. The number of rotatable bonds is 4. The van der Waals surface area contributed by atoms with Crippen molar-refractivity contribution in [1.29, 1.82) is 0 Å². The normalized spacial score (nSPS) is 24.1. The molecule has 2 aromatic rings. The standard InChI is InChI=1S/C19H20F4N4O2/c20-12-5-3-11(4-6-12)14-8-16(19(21,22)23)27-17(25-14)9-15(26-27)18(28)24-10-13-2-1-7-29-13/h3-6,9,13-14,16,25H,1-2,7-8,10H2,(H,24,28)/t13-,14-,16+/m0/s1. The maximum atomic E-state index is 13.7. The van der Waals surface area contributed by atoms with Crippen molar-refractivity contribution in [2.45, 2.75) is 43.6 Å². The third kappa shape index (κ3) is 4.21. The molecule has 1 saturated heterocycles. The molecule has 0 unspecified atom stereocenters. The quantitative estimate of drug-likeness (QED) is 0.754. The first-order chi connectivity index (χ1) is 13.8. The fraction of sp³-hybridized carbons (Fsp3) is 0.474. The Kier molecular flexibility index (Phi) is 5.20. The van der Waals surface area contributed by atoms with Crippen molar-refractivity contribution in [2.24, 2.45) is 0 Å². The number of alkyl halides is 3. The van der Waals surface area contributed by atoms with Crippen LogP contribution in [0.5, 0.6) is 0 Å². The summed E-state index contributed by atoms with van der Waals surface area (Å²) in [6.07, 6.45) is -3.20. The number of nitrogens with one attached hydrogen (secondary N) is 2. The number of hydrogen-bond acceptors (Lipinski definition) is 4. The van der Waals surface area contributed by atoms with Crippen LogP contribution in [0.25, 0.3) is 0 Å². The molecular formula is C19H20F4N4O2. The van der Waals surface area contributed by atoms with E-state index in [0.717, 1.165) is 17.5 Å². The largest absolute Gasteiger partial charge is 0.410 e. The van der Waals surface area contributed by atoms with Gasteiger partial charge in [0.05, 0.1) is 12.1 Å². The lowest BCUT2D eigenvalue weighted by Gasteiger charge is -2.33. The van der Waals surface area contributed by atoms with Gasteiger partial charge in [-0.3, -0.25) is 4.79 Å². The van der Waals surface area contributed by atoms with Crippen LogP contribution in [0.1, 0.15) is 47.4 Å². The van der Waals surface area contributed by atoms with Crippen LogP contribution in [-0.2, 0) is 4.74 Å². The van der Waals surface area contributed by atoms with Crippen LogP contribution in [0.3, 0.4) is 0 Å². The van der Waals surface area contributed by atoms with Gasteiger partial charge in [0.15, 0.2) is 11.7 Å². The number of carbonyl (C=O) groups excluding carboxylic acids is 1. The van der Waals surface area contributed by atoms with Crippen molar-refractivity contribution in [1.82, 2.24) is 15.1 Å². The molecule has 0 radical (unpaired) electrons. The molecule has 4 rings (SSSR count). The average molecular weight is 412 g/mol. The fourth-order valence-electron chi connectivity index (χ4n) is 3.70. The van der Waals surface area contributed by atoms with Crippen molar-refractivity contribution in [3.8, 4) is 0 Å². The van der Waals surface area contributed by atoms with Gasteiger partial charge in [-0.15, -0.1) is 0 Å². The molecule has 2 N–H and O–H groups in total. The van der Waals surface area contributed by atoms with Crippen molar-refractivity contribution >= 4 is 11.7 Å². The van der Waals surface area contributed by atoms with Crippen LogP contribution in [0.4, 0.5) is 23.4 Å². The zero-order valence-corrected chi connectivity index (χ0v) is 15.4. The Labute approximate surface area is 164 Å². The molecule has 2 aliphatic rings. The first kappa shape index (κ1) is 19.7. The molecular weight excluding hydrogens is 392 g/mol. The zero-order chi connectivity index (χ0) is 20.6. The molecule has 0 bridgehead atoms. The Balaban J connectivity index is 1.56. The van der Waals surface area contributed by atoms with Gasteiger partial charge in [0, 0.05) is 25.6 Å². The van der Waals surface area contributed by atoms with Gasteiger partial charge in [0.2, 0.25) is 0 Å². The van der Waals surface area contributed by atoms with Gasteiger partial charge in [-0.1, -0.05) is 12.1 Å². The van der Waals surface area contributed by atoms with Gasteiger partial charge in [0.25, 0.3) is 5.91 Å². The van der Waals surface area contributed by atoms with Crippen LogP contribution in [0.15, 0.2) is 30.3 Å². The van der Waals surface area contributed by atoms with Crippen LogP contribution in [0.2, 0.25) is 0 Å². The third-order valence-electron chi connectivity index (χ3n) is 5.21. The van der Waals surface area contributed by atoms with Crippen LogP contribution in [0, 0.1) is 5.82 Å². The van der Waals surface area contributed by atoms with Crippen molar-refractivity contribution < 1.29 is 27.1 Å². The second kappa shape index (κ2) is 7.66. The molecule has 3 heterocycles. The van der Waals surface area contributed by atoms with E-state index in [1.54, 1.807) is 0 Å². The Morgan fingerprint density at radius 2 is 2.07 bits per heavy atom. The lowest BCUT2D eigenvalue weighted by Crippen LogP contribution is -2.36. The summed E-state index contributed by atoms with van der Waals surface area (Å²) in [5.74, 6) is -0.925. The number of carbonyl (C=O) groups is 1. The highest BCUT2D eigenvalue weighted by Crippen LogP contribution is 2.43. The van der Waals surface area contributed by atoms with Gasteiger partial charge in [0.1, 0.15) is 11.6 Å². The minimum absolute atomic E-state index is 0.0832. The number of nitrogens with zero attached hydrogens (tertiary/aromatic N) is 2. The number of hydrogen-bond donors (Lipinski definition) is 2. The first-order valence-electron chi connectivity index (χ1n) is 9.39. The van der Waals surface area contributed by atoms with Gasteiger partial charge in [-0.05, 0) is 30.5 Å². The van der Waals surface area contributed by atoms with E-state index >= 15 is 0 Å². The highest BCUT2D eigenvalue weighted by atomic mass is 19.4. The molecule has 0 saturated carbocycles. The number of anilines is 1. The second-order valence-corrected chi connectivity index (χ2v) is 7.25.